The Kier molecular flexibility index (Phi) is 6.90. The summed E-state index contributed by atoms with van der Waals surface area (Å²) in [5.74, 6) is -2.45. The van der Waals surface area contributed by atoms with Crippen LogP contribution in [0.4, 0.5) is 14.5 Å². The second-order valence-electron chi connectivity index (χ2n) is 11.7. The van der Waals surface area contributed by atoms with E-state index >= 15 is 0 Å². The number of ether oxygens (including phenoxy) is 1. The Morgan fingerprint density at radius 2 is 2.05 bits per heavy atom. The van der Waals surface area contributed by atoms with Crippen LogP contribution in [0, 0.1) is 11.3 Å². The number of aromatic nitrogens is 3. The Bertz CT molecular complexity index is 1850. The first-order valence-corrected chi connectivity index (χ1v) is 14.5. The maximum absolute atomic E-state index is 13.6. The second kappa shape index (κ2) is 10.3. The molecule has 0 radical (unpaired) electrons. The number of fused-ring (bicyclic) bond motifs is 2. The van der Waals surface area contributed by atoms with E-state index < -0.39 is 23.7 Å². The molecule has 4 aromatic rings. The SMILES string of the molecule is CC(F)(F)Cn1ccc(=O)n(Cc2cc3nccc(-c4cc(C#N)cc5c4N([C@H]4CNC(C)(C)C4)CCO5)c3s2)c1=O. The van der Waals surface area contributed by atoms with E-state index in [1.54, 1.807) is 18.3 Å². The van der Waals surface area contributed by atoms with Crippen LogP contribution < -0.4 is 26.2 Å². The second-order valence-corrected chi connectivity index (χ2v) is 12.8. The molecule has 42 heavy (non-hydrogen) atoms. The number of benzene rings is 1. The standard InChI is InChI=1S/C30H30F2N6O3S/c1-29(2)13-19(15-35-29)37-8-9-41-24-11-18(14-33)10-22(26(24)37)21-4-6-34-23-12-20(42-27(21)23)16-38-25(39)5-7-36(28(38)40)17-30(3,31)32/h4-7,10-12,19,35H,8-9,13,15-17H2,1-3H3/t19-/m1/s1. The van der Waals surface area contributed by atoms with Gasteiger partial charge in [-0.2, -0.15) is 5.26 Å². The maximum atomic E-state index is 13.6. The van der Waals surface area contributed by atoms with Crippen molar-refractivity contribution in [3.8, 4) is 22.9 Å². The van der Waals surface area contributed by atoms with Crippen molar-refractivity contribution in [2.45, 2.75) is 57.8 Å². The number of rotatable bonds is 6. The minimum atomic E-state index is -3.11. The summed E-state index contributed by atoms with van der Waals surface area (Å²) < 4.78 is 36.0. The van der Waals surface area contributed by atoms with Gasteiger partial charge in [-0.25, -0.2) is 13.6 Å². The Labute approximate surface area is 244 Å². The monoisotopic (exact) mass is 592 g/mol. The van der Waals surface area contributed by atoms with Crippen molar-refractivity contribution < 1.29 is 13.5 Å². The van der Waals surface area contributed by atoms with Gasteiger partial charge in [0.15, 0.2) is 0 Å². The number of alkyl halides is 2. The molecule has 1 aromatic carbocycles. The van der Waals surface area contributed by atoms with Crippen LogP contribution in [0.3, 0.4) is 0 Å². The minimum Gasteiger partial charge on any atom is -0.489 e. The van der Waals surface area contributed by atoms with Gasteiger partial charge in [0.25, 0.3) is 11.5 Å². The van der Waals surface area contributed by atoms with Crippen LogP contribution in [0.5, 0.6) is 5.75 Å². The highest BCUT2D eigenvalue weighted by molar-refractivity contribution is 7.19. The summed E-state index contributed by atoms with van der Waals surface area (Å²) in [4.78, 5) is 33.1. The number of thiophene rings is 1. The molecule has 1 N–H and O–H groups in total. The lowest BCUT2D eigenvalue weighted by Crippen LogP contribution is -2.42. The van der Waals surface area contributed by atoms with Crippen molar-refractivity contribution >= 4 is 27.2 Å². The molecular weight excluding hydrogens is 562 g/mol. The number of nitrogens with one attached hydrogen (secondary N) is 1. The number of hydrogen-bond donors (Lipinski definition) is 1. The average Bonchev–Trinajstić information content (AvgIpc) is 3.53. The number of halogens is 2. The summed E-state index contributed by atoms with van der Waals surface area (Å²) in [6.45, 7) is 6.25. The molecule has 218 valence electrons. The van der Waals surface area contributed by atoms with E-state index in [4.69, 9.17) is 4.74 Å². The van der Waals surface area contributed by atoms with E-state index in [0.29, 0.717) is 34.9 Å². The zero-order chi connectivity index (χ0) is 29.8. The molecule has 1 fully saturated rings. The molecule has 1 atom stereocenters. The first-order valence-electron chi connectivity index (χ1n) is 13.7. The third kappa shape index (κ3) is 5.30. The predicted octanol–water partition coefficient (Wildman–Crippen LogP) is 4.20. The number of anilines is 1. The van der Waals surface area contributed by atoms with Crippen molar-refractivity contribution in [3.05, 3.63) is 74.0 Å². The van der Waals surface area contributed by atoms with Gasteiger partial charge in [-0.05, 0) is 38.5 Å². The van der Waals surface area contributed by atoms with Gasteiger partial charge in [0.1, 0.15) is 12.4 Å². The molecule has 0 spiro atoms. The summed E-state index contributed by atoms with van der Waals surface area (Å²) in [6, 6.07) is 11.0. The van der Waals surface area contributed by atoms with Crippen LogP contribution in [0.1, 0.15) is 37.6 Å². The molecule has 0 aliphatic carbocycles. The summed E-state index contributed by atoms with van der Waals surface area (Å²) in [5.41, 5.74) is 2.40. The zero-order valence-corrected chi connectivity index (χ0v) is 24.3. The Morgan fingerprint density at radius 1 is 1.24 bits per heavy atom. The summed E-state index contributed by atoms with van der Waals surface area (Å²) in [6.07, 6.45) is 3.75. The van der Waals surface area contributed by atoms with Gasteiger partial charge >= 0.3 is 5.69 Å². The lowest BCUT2D eigenvalue weighted by atomic mass is 9.96. The molecule has 1 saturated heterocycles. The van der Waals surface area contributed by atoms with Crippen LogP contribution in [-0.2, 0) is 13.1 Å². The number of nitrogens with zero attached hydrogens (tertiary/aromatic N) is 5. The Morgan fingerprint density at radius 3 is 2.76 bits per heavy atom. The first kappa shape index (κ1) is 28.1. The largest absolute Gasteiger partial charge is 0.489 e. The highest BCUT2D eigenvalue weighted by Gasteiger charge is 2.37. The van der Waals surface area contributed by atoms with Crippen molar-refractivity contribution in [3.63, 3.8) is 0 Å². The third-order valence-electron chi connectivity index (χ3n) is 7.74. The minimum absolute atomic E-state index is 0.00357. The zero-order valence-electron chi connectivity index (χ0n) is 23.5. The van der Waals surface area contributed by atoms with Crippen molar-refractivity contribution in [1.82, 2.24) is 19.4 Å². The van der Waals surface area contributed by atoms with E-state index in [1.807, 2.05) is 12.1 Å². The van der Waals surface area contributed by atoms with E-state index in [2.05, 4.69) is 35.1 Å². The number of hydrogen-bond acceptors (Lipinski definition) is 8. The highest BCUT2D eigenvalue weighted by atomic mass is 32.1. The van der Waals surface area contributed by atoms with Crippen LogP contribution in [0.15, 0.2) is 52.3 Å². The van der Waals surface area contributed by atoms with Gasteiger partial charge < -0.3 is 15.0 Å². The molecule has 6 rings (SSSR count). The normalized spacial score (nSPS) is 18.1. The fourth-order valence-electron chi connectivity index (χ4n) is 5.92. The Balaban J connectivity index is 1.45. The van der Waals surface area contributed by atoms with Crippen molar-refractivity contribution in [2.75, 3.05) is 24.6 Å². The first-order chi connectivity index (χ1) is 19.9. The van der Waals surface area contributed by atoms with Crippen LogP contribution in [0.25, 0.3) is 21.3 Å². The van der Waals surface area contributed by atoms with Crippen molar-refractivity contribution in [1.29, 1.82) is 5.26 Å². The molecule has 0 unspecified atom stereocenters. The number of pyridine rings is 1. The molecule has 9 nitrogen and oxygen atoms in total. The molecule has 0 saturated carbocycles. The van der Waals surface area contributed by atoms with Gasteiger partial charge in [-0.3, -0.25) is 18.9 Å². The van der Waals surface area contributed by atoms with Crippen LogP contribution >= 0.6 is 11.3 Å². The maximum Gasteiger partial charge on any atom is 0.331 e. The summed E-state index contributed by atoms with van der Waals surface area (Å²) in [5, 5.41) is 13.4. The van der Waals surface area contributed by atoms with E-state index in [0.717, 1.165) is 62.8 Å². The fourth-order valence-corrected chi connectivity index (χ4v) is 7.05. The lowest BCUT2D eigenvalue weighted by molar-refractivity contribution is 0.00222. The molecule has 2 aliphatic heterocycles. The van der Waals surface area contributed by atoms with Gasteiger partial charge in [-0.1, -0.05) is 0 Å². The molecule has 0 amide bonds. The van der Waals surface area contributed by atoms with Crippen LogP contribution in [-0.4, -0.2) is 51.3 Å². The quantitative estimate of drug-likeness (QED) is 0.358. The van der Waals surface area contributed by atoms with E-state index in [9.17, 15) is 23.6 Å². The topological polar surface area (TPSA) is 105 Å². The molecule has 12 heteroatoms. The van der Waals surface area contributed by atoms with Crippen LogP contribution in [0.2, 0.25) is 0 Å². The lowest BCUT2D eigenvalue weighted by Gasteiger charge is -2.37. The number of nitriles is 1. The van der Waals surface area contributed by atoms with Gasteiger partial charge in [0, 0.05) is 65.6 Å². The summed E-state index contributed by atoms with van der Waals surface area (Å²) >= 11 is 1.37. The van der Waals surface area contributed by atoms with Gasteiger partial charge in [0.05, 0.1) is 47.2 Å². The van der Waals surface area contributed by atoms with E-state index in [1.165, 1.54) is 11.3 Å². The van der Waals surface area contributed by atoms with Gasteiger partial charge in [0.2, 0.25) is 0 Å². The average molecular weight is 593 g/mol. The predicted molar refractivity (Wildman–Crippen MR) is 158 cm³/mol. The summed E-state index contributed by atoms with van der Waals surface area (Å²) in [7, 11) is 0. The fraction of sp³-hybridized carbons (Fsp3) is 0.400. The third-order valence-corrected chi connectivity index (χ3v) is 8.88. The molecule has 0 bridgehead atoms. The molecule has 2 aliphatic rings. The smallest absolute Gasteiger partial charge is 0.331 e. The van der Waals surface area contributed by atoms with Crippen molar-refractivity contribution in [2.24, 2.45) is 0 Å². The Hall–Kier alpha value is -4.08. The van der Waals surface area contributed by atoms with E-state index in [-0.39, 0.29) is 18.1 Å². The molecule has 3 aromatic heterocycles. The highest BCUT2D eigenvalue weighted by Crippen LogP contribution is 2.46. The molecule has 5 heterocycles. The molecular formula is C30H30F2N6O3S. The van der Waals surface area contributed by atoms with Gasteiger partial charge in [-0.15, -0.1) is 11.3 Å².